The number of pyridine rings is 1. The second-order valence-electron chi connectivity index (χ2n) is 4.36. The van der Waals surface area contributed by atoms with Gasteiger partial charge in [-0.25, -0.2) is 4.98 Å². The van der Waals surface area contributed by atoms with Crippen molar-refractivity contribution in [3.63, 3.8) is 0 Å². The predicted molar refractivity (Wildman–Crippen MR) is 77.9 cm³/mol. The van der Waals surface area contributed by atoms with E-state index in [0.29, 0.717) is 0 Å². The Morgan fingerprint density at radius 3 is 2.79 bits per heavy atom. The highest BCUT2D eigenvalue weighted by atomic mass is 14.8. The molecule has 0 saturated carbocycles. The fourth-order valence-electron chi connectivity index (χ4n) is 2.16. The molecule has 1 N–H and O–H groups in total. The molecule has 0 radical (unpaired) electrons. The molecule has 0 saturated heterocycles. The topological polar surface area (TPSA) is 28.7 Å². The van der Waals surface area contributed by atoms with Crippen molar-refractivity contribution in [1.29, 1.82) is 0 Å². The van der Waals surface area contributed by atoms with Gasteiger partial charge in [0, 0.05) is 28.9 Å². The zero-order valence-electron chi connectivity index (χ0n) is 10.8. The first kappa shape index (κ1) is 11.6. The Morgan fingerprint density at radius 2 is 1.89 bits per heavy atom. The van der Waals surface area contributed by atoms with Gasteiger partial charge in [-0.05, 0) is 30.2 Å². The number of aryl methyl sites for hydroxylation is 1. The number of nitrogens with one attached hydrogen (secondary N) is 1. The maximum atomic E-state index is 4.27. The van der Waals surface area contributed by atoms with Crippen LogP contribution in [0.25, 0.3) is 11.0 Å². The number of nitrogens with zero attached hydrogens (tertiary/aromatic N) is 1. The Kier molecular flexibility index (Phi) is 3.04. The van der Waals surface area contributed by atoms with E-state index in [-0.39, 0.29) is 0 Å². The summed E-state index contributed by atoms with van der Waals surface area (Å²) in [4.78, 5) is 7.37. The maximum absolute atomic E-state index is 4.27. The lowest BCUT2D eigenvalue weighted by atomic mass is 10.1. The fraction of sp³-hybridized carbons (Fsp3) is 0.118. The zero-order valence-corrected chi connectivity index (χ0v) is 10.8. The van der Waals surface area contributed by atoms with Gasteiger partial charge in [-0.2, -0.15) is 0 Å². The van der Waals surface area contributed by atoms with Crippen LogP contribution in [0.15, 0.2) is 48.8 Å². The van der Waals surface area contributed by atoms with Crippen LogP contribution in [0.3, 0.4) is 0 Å². The minimum absolute atomic E-state index is 0.885. The quantitative estimate of drug-likeness (QED) is 0.654. The molecule has 19 heavy (non-hydrogen) atoms. The molecule has 0 aliphatic heterocycles. The number of rotatable bonds is 1. The Morgan fingerprint density at radius 1 is 1.05 bits per heavy atom. The first-order valence-corrected chi connectivity index (χ1v) is 6.40. The van der Waals surface area contributed by atoms with E-state index < -0.39 is 0 Å². The largest absolute Gasteiger partial charge is 0.346 e. The molecular formula is C17H14N2. The highest BCUT2D eigenvalue weighted by Gasteiger charge is 2.00. The molecular weight excluding hydrogens is 232 g/mol. The first-order chi connectivity index (χ1) is 9.38. The standard InChI is InChI=1S/C17H14N2/c1-2-13-5-3-4-6-14(13)7-8-15-9-11-18-17-16(15)10-12-19-17/h3-6,9-12H,2H2,1H3,(H,18,19). The summed E-state index contributed by atoms with van der Waals surface area (Å²) in [5, 5.41) is 1.07. The van der Waals surface area contributed by atoms with Crippen LogP contribution < -0.4 is 0 Å². The molecule has 0 unspecified atom stereocenters. The van der Waals surface area contributed by atoms with E-state index in [2.05, 4.69) is 46.9 Å². The predicted octanol–water partition coefficient (Wildman–Crippen LogP) is 3.53. The molecule has 3 aromatic rings. The summed E-state index contributed by atoms with van der Waals surface area (Å²) in [6, 6.07) is 12.3. The molecule has 3 rings (SSSR count). The average Bonchev–Trinajstić information content (AvgIpc) is 2.94. The Balaban J connectivity index is 2.06. The molecule has 1 aromatic carbocycles. The van der Waals surface area contributed by atoms with Gasteiger partial charge in [0.05, 0.1) is 0 Å². The zero-order chi connectivity index (χ0) is 13.1. The van der Waals surface area contributed by atoms with Gasteiger partial charge >= 0.3 is 0 Å². The van der Waals surface area contributed by atoms with Crippen molar-refractivity contribution in [3.8, 4) is 11.8 Å². The van der Waals surface area contributed by atoms with Crippen molar-refractivity contribution in [3.05, 3.63) is 65.5 Å². The number of fused-ring (bicyclic) bond motifs is 1. The van der Waals surface area contributed by atoms with Crippen LogP contribution in [0.5, 0.6) is 0 Å². The average molecular weight is 246 g/mol. The lowest BCUT2D eigenvalue weighted by Gasteiger charge is -1.99. The minimum Gasteiger partial charge on any atom is -0.346 e. The summed E-state index contributed by atoms with van der Waals surface area (Å²) in [5.41, 5.74) is 4.28. The summed E-state index contributed by atoms with van der Waals surface area (Å²) in [7, 11) is 0. The molecule has 2 heterocycles. The fourth-order valence-corrected chi connectivity index (χ4v) is 2.16. The van der Waals surface area contributed by atoms with Crippen molar-refractivity contribution >= 4 is 11.0 Å². The second kappa shape index (κ2) is 4.99. The third-order valence-corrected chi connectivity index (χ3v) is 3.19. The first-order valence-electron chi connectivity index (χ1n) is 6.40. The number of aromatic amines is 1. The molecule has 0 spiro atoms. The van der Waals surface area contributed by atoms with E-state index in [1.165, 1.54) is 5.56 Å². The molecule has 0 aliphatic carbocycles. The van der Waals surface area contributed by atoms with Crippen molar-refractivity contribution in [2.75, 3.05) is 0 Å². The van der Waals surface area contributed by atoms with Crippen LogP contribution in [-0.4, -0.2) is 9.97 Å². The maximum Gasteiger partial charge on any atom is 0.138 e. The summed E-state index contributed by atoms with van der Waals surface area (Å²) in [6.07, 6.45) is 4.68. The molecule has 0 aliphatic rings. The molecule has 0 atom stereocenters. The third-order valence-electron chi connectivity index (χ3n) is 3.19. The van der Waals surface area contributed by atoms with Gasteiger partial charge in [-0.15, -0.1) is 0 Å². The van der Waals surface area contributed by atoms with E-state index in [9.17, 15) is 0 Å². The molecule has 2 nitrogen and oxygen atoms in total. The number of aromatic nitrogens is 2. The van der Waals surface area contributed by atoms with Crippen LogP contribution in [0, 0.1) is 11.8 Å². The van der Waals surface area contributed by atoms with Gasteiger partial charge < -0.3 is 4.98 Å². The summed E-state index contributed by atoms with van der Waals surface area (Å²) >= 11 is 0. The van der Waals surface area contributed by atoms with Crippen molar-refractivity contribution < 1.29 is 0 Å². The number of H-pyrrole nitrogens is 1. The van der Waals surface area contributed by atoms with E-state index in [4.69, 9.17) is 0 Å². The molecule has 0 amide bonds. The summed E-state index contributed by atoms with van der Waals surface area (Å²) in [6.45, 7) is 2.15. The van der Waals surface area contributed by atoms with E-state index in [1.807, 2.05) is 24.4 Å². The number of hydrogen-bond donors (Lipinski definition) is 1. The summed E-state index contributed by atoms with van der Waals surface area (Å²) in [5.74, 6) is 6.53. The number of hydrogen-bond acceptors (Lipinski definition) is 1. The van der Waals surface area contributed by atoms with Crippen LogP contribution in [-0.2, 0) is 6.42 Å². The van der Waals surface area contributed by atoms with Crippen LogP contribution in [0.1, 0.15) is 23.6 Å². The molecule has 92 valence electrons. The minimum atomic E-state index is 0.885. The molecule has 0 fully saturated rings. The molecule has 2 heteroatoms. The van der Waals surface area contributed by atoms with Gasteiger partial charge in [0.25, 0.3) is 0 Å². The smallest absolute Gasteiger partial charge is 0.138 e. The second-order valence-corrected chi connectivity index (χ2v) is 4.36. The van der Waals surface area contributed by atoms with Crippen molar-refractivity contribution in [1.82, 2.24) is 9.97 Å². The van der Waals surface area contributed by atoms with Crippen LogP contribution >= 0.6 is 0 Å². The van der Waals surface area contributed by atoms with E-state index in [0.717, 1.165) is 28.6 Å². The highest BCUT2D eigenvalue weighted by Crippen LogP contribution is 2.14. The van der Waals surface area contributed by atoms with Crippen molar-refractivity contribution in [2.45, 2.75) is 13.3 Å². The number of benzene rings is 1. The summed E-state index contributed by atoms with van der Waals surface area (Å²) < 4.78 is 0. The van der Waals surface area contributed by atoms with Gasteiger partial charge in [0.1, 0.15) is 5.65 Å². The van der Waals surface area contributed by atoms with Crippen LogP contribution in [0.2, 0.25) is 0 Å². The van der Waals surface area contributed by atoms with Crippen molar-refractivity contribution in [2.24, 2.45) is 0 Å². The normalized spacial score (nSPS) is 10.2. The SMILES string of the molecule is CCc1ccccc1C#Cc1ccnc2[nH]ccc12. The van der Waals surface area contributed by atoms with Gasteiger partial charge in [0.2, 0.25) is 0 Å². The Labute approximate surface area is 112 Å². The Hall–Kier alpha value is -2.53. The third kappa shape index (κ3) is 2.23. The highest BCUT2D eigenvalue weighted by molar-refractivity contribution is 5.82. The van der Waals surface area contributed by atoms with E-state index in [1.54, 1.807) is 6.20 Å². The molecule has 2 aromatic heterocycles. The van der Waals surface area contributed by atoms with Gasteiger partial charge in [0.15, 0.2) is 0 Å². The Bertz CT molecular complexity index is 772. The van der Waals surface area contributed by atoms with Gasteiger partial charge in [-0.3, -0.25) is 0 Å². The molecule has 0 bridgehead atoms. The van der Waals surface area contributed by atoms with E-state index >= 15 is 0 Å². The van der Waals surface area contributed by atoms with Crippen LogP contribution in [0.4, 0.5) is 0 Å². The lowest BCUT2D eigenvalue weighted by molar-refractivity contribution is 1.13. The van der Waals surface area contributed by atoms with Gasteiger partial charge in [-0.1, -0.05) is 37.0 Å². The monoisotopic (exact) mass is 246 g/mol. The lowest BCUT2D eigenvalue weighted by Crippen LogP contribution is -1.86.